The van der Waals surface area contributed by atoms with E-state index >= 15 is 0 Å². The summed E-state index contributed by atoms with van der Waals surface area (Å²) < 4.78 is 6.26. The second kappa shape index (κ2) is 6.73. The lowest BCUT2D eigenvalue weighted by molar-refractivity contribution is 0.414. The highest BCUT2D eigenvalue weighted by Gasteiger charge is 2.10. The molecule has 2 aromatic rings. The summed E-state index contributed by atoms with van der Waals surface area (Å²) >= 11 is 3.45. The molecule has 2 nitrogen and oxygen atoms in total. The quantitative estimate of drug-likeness (QED) is 0.911. The van der Waals surface area contributed by atoms with Crippen LogP contribution in [0.4, 0.5) is 0 Å². The number of methoxy groups -OCH3 is 1. The van der Waals surface area contributed by atoms with Gasteiger partial charge in [-0.1, -0.05) is 40.2 Å². The van der Waals surface area contributed by atoms with Crippen LogP contribution in [0.5, 0.6) is 5.75 Å². The Bertz CT molecular complexity index is 507. The Balaban J connectivity index is 2.11. The minimum atomic E-state index is 0.349. The van der Waals surface area contributed by atoms with Crippen molar-refractivity contribution < 1.29 is 4.74 Å². The van der Waals surface area contributed by atoms with E-state index in [1.54, 1.807) is 7.11 Å². The van der Waals surface area contributed by atoms with E-state index in [0.29, 0.717) is 12.5 Å². The molecule has 1 unspecified atom stereocenters. The minimum Gasteiger partial charge on any atom is -0.497 e. The summed E-state index contributed by atoms with van der Waals surface area (Å²) in [5.74, 6) is 1.23. The van der Waals surface area contributed by atoms with E-state index in [1.165, 1.54) is 11.1 Å². The molecule has 0 bridgehead atoms. The maximum Gasteiger partial charge on any atom is 0.118 e. The number of nitrogens with two attached hydrogens (primary N) is 1. The van der Waals surface area contributed by atoms with Gasteiger partial charge in [0.2, 0.25) is 0 Å². The van der Waals surface area contributed by atoms with Crippen LogP contribution in [0.15, 0.2) is 53.0 Å². The van der Waals surface area contributed by atoms with Gasteiger partial charge in [0.05, 0.1) is 7.11 Å². The van der Waals surface area contributed by atoms with Crippen molar-refractivity contribution in [2.45, 2.75) is 12.3 Å². The number of ether oxygens (including phenoxy) is 1. The van der Waals surface area contributed by atoms with Crippen LogP contribution in [0.3, 0.4) is 0 Å². The van der Waals surface area contributed by atoms with E-state index in [0.717, 1.165) is 16.6 Å². The van der Waals surface area contributed by atoms with Crippen LogP contribution < -0.4 is 10.5 Å². The fourth-order valence-corrected chi connectivity index (χ4v) is 2.38. The average Bonchev–Trinajstić information content (AvgIpc) is 2.46. The van der Waals surface area contributed by atoms with Crippen molar-refractivity contribution in [1.29, 1.82) is 0 Å². The van der Waals surface area contributed by atoms with Crippen LogP contribution in [-0.2, 0) is 6.42 Å². The molecular formula is C16H18BrNO. The first-order valence-electron chi connectivity index (χ1n) is 6.31. The van der Waals surface area contributed by atoms with Crippen molar-refractivity contribution in [3.8, 4) is 5.75 Å². The van der Waals surface area contributed by atoms with Gasteiger partial charge >= 0.3 is 0 Å². The zero-order valence-electron chi connectivity index (χ0n) is 11.0. The Morgan fingerprint density at radius 1 is 1.05 bits per heavy atom. The van der Waals surface area contributed by atoms with Gasteiger partial charge in [-0.2, -0.15) is 0 Å². The van der Waals surface area contributed by atoms with Gasteiger partial charge < -0.3 is 10.5 Å². The Kier molecular flexibility index (Phi) is 5.00. The third-order valence-corrected chi connectivity index (χ3v) is 3.80. The molecule has 0 aromatic heterocycles. The topological polar surface area (TPSA) is 35.2 Å². The van der Waals surface area contributed by atoms with E-state index in [2.05, 4.69) is 52.3 Å². The van der Waals surface area contributed by atoms with Gasteiger partial charge in [0.25, 0.3) is 0 Å². The molecule has 0 amide bonds. The molecule has 0 aliphatic rings. The lowest BCUT2D eigenvalue weighted by atomic mass is 9.92. The Labute approximate surface area is 122 Å². The molecule has 0 aliphatic carbocycles. The third-order valence-electron chi connectivity index (χ3n) is 3.27. The Morgan fingerprint density at radius 2 is 1.68 bits per heavy atom. The van der Waals surface area contributed by atoms with E-state index in [-0.39, 0.29) is 0 Å². The number of hydrogen-bond acceptors (Lipinski definition) is 2. The minimum absolute atomic E-state index is 0.349. The molecule has 0 radical (unpaired) electrons. The van der Waals surface area contributed by atoms with Crippen molar-refractivity contribution in [2.24, 2.45) is 5.73 Å². The molecule has 0 spiro atoms. The number of rotatable bonds is 5. The molecule has 2 aromatic carbocycles. The lowest BCUT2D eigenvalue weighted by Gasteiger charge is -2.15. The highest BCUT2D eigenvalue weighted by atomic mass is 79.9. The second-order valence-electron chi connectivity index (χ2n) is 4.54. The summed E-state index contributed by atoms with van der Waals surface area (Å²) in [7, 11) is 1.68. The summed E-state index contributed by atoms with van der Waals surface area (Å²) in [5.41, 5.74) is 8.47. The lowest BCUT2D eigenvalue weighted by Crippen LogP contribution is -2.15. The van der Waals surface area contributed by atoms with E-state index in [9.17, 15) is 0 Å². The molecule has 100 valence electrons. The van der Waals surface area contributed by atoms with Crippen LogP contribution >= 0.6 is 15.9 Å². The number of hydrogen-bond donors (Lipinski definition) is 1. The van der Waals surface area contributed by atoms with Crippen molar-refractivity contribution >= 4 is 15.9 Å². The van der Waals surface area contributed by atoms with E-state index < -0.39 is 0 Å². The molecule has 3 heteroatoms. The summed E-state index contributed by atoms with van der Waals surface area (Å²) in [6, 6.07) is 16.6. The van der Waals surface area contributed by atoms with Gasteiger partial charge in [0, 0.05) is 10.4 Å². The van der Waals surface area contributed by atoms with Crippen LogP contribution in [0.2, 0.25) is 0 Å². The Morgan fingerprint density at radius 3 is 2.21 bits per heavy atom. The highest BCUT2D eigenvalue weighted by Crippen LogP contribution is 2.23. The summed E-state index contributed by atoms with van der Waals surface area (Å²) in [4.78, 5) is 0. The zero-order chi connectivity index (χ0) is 13.7. The molecule has 19 heavy (non-hydrogen) atoms. The summed E-state index contributed by atoms with van der Waals surface area (Å²) in [6.07, 6.45) is 0.947. The largest absolute Gasteiger partial charge is 0.497 e. The van der Waals surface area contributed by atoms with Gasteiger partial charge in [0.1, 0.15) is 5.75 Å². The maximum atomic E-state index is 5.91. The van der Waals surface area contributed by atoms with Gasteiger partial charge in [-0.15, -0.1) is 0 Å². The first kappa shape index (κ1) is 14.1. The molecule has 2 N–H and O–H groups in total. The van der Waals surface area contributed by atoms with E-state index in [1.807, 2.05) is 12.1 Å². The first-order valence-corrected chi connectivity index (χ1v) is 7.10. The fraction of sp³-hybridized carbons (Fsp3) is 0.250. The van der Waals surface area contributed by atoms with Gasteiger partial charge in [-0.25, -0.2) is 0 Å². The fourth-order valence-electron chi connectivity index (χ4n) is 2.12. The SMILES string of the molecule is COc1ccc(CC(CN)c2ccc(Br)cc2)cc1. The predicted molar refractivity (Wildman–Crippen MR) is 82.6 cm³/mol. The molecular weight excluding hydrogens is 302 g/mol. The Hall–Kier alpha value is -1.32. The third kappa shape index (κ3) is 3.82. The van der Waals surface area contributed by atoms with Crippen molar-refractivity contribution in [1.82, 2.24) is 0 Å². The van der Waals surface area contributed by atoms with Crippen molar-refractivity contribution in [2.75, 3.05) is 13.7 Å². The van der Waals surface area contributed by atoms with Gasteiger partial charge in [0.15, 0.2) is 0 Å². The van der Waals surface area contributed by atoms with Crippen LogP contribution in [0.1, 0.15) is 17.0 Å². The molecule has 0 aliphatic heterocycles. The average molecular weight is 320 g/mol. The molecule has 0 fully saturated rings. The smallest absolute Gasteiger partial charge is 0.118 e. The predicted octanol–water partition coefficient (Wildman–Crippen LogP) is 3.74. The van der Waals surface area contributed by atoms with E-state index in [4.69, 9.17) is 10.5 Å². The van der Waals surface area contributed by atoms with Crippen LogP contribution in [0, 0.1) is 0 Å². The maximum absolute atomic E-state index is 5.91. The standard InChI is InChI=1S/C16H18BrNO/c1-19-16-8-2-12(3-9-16)10-14(11-18)13-4-6-15(17)7-5-13/h2-9,14H,10-11,18H2,1H3. The first-order chi connectivity index (χ1) is 9.22. The molecule has 2 rings (SSSR count). The summed E-state index contributed by atoms with van der Waals surface area (Å²) in [6.45, 7) is 0.646. The van der Waals surface area contributed by atoms with Crippen LogP contribution in [0.25, 0.3) is 0 Å². The monoisotopic (exact) mass is 319 g/mol. The zero-order valence-corrected chi connectivity index (χ0v) is 12.6. The normalized spacial score (nSPS) is 12.2. The highest BCUT2D eigenvalue weighted by molar-refractivity contribution is 9.10. The molecule has 0 saturated heterocycles. The van der Waals surface area contributed by atoms with Crippen molar-refractivity contribution in [3.63, 3.8) is 0 Å². The second-order valence-corrected chi connectivity index (χ2v) is 5.45. The van der Waals surface area contributed by atoms with Crippen molar-refractivity contribution in [3.05, 3.63) is 64.1 Å². The van der Waals surface area contributed by atoms with Crippen LogP contribution in [-0.4, -0.2) is 13.7 Å². The molecule has 1 atom stereocenters. The molecule has 0 saturated carbocycles. The molecule has 0 heterocycles. The van der Waals surface area contributed by atoms with Gasteiger partial charge in [-0.3, -0.25) is 0 Å². The number of benzene rings is 2. The number of halogens is 1. The van der Waals surface area contributed by atoms with Gasteiger partial charge in [-0.05, 0) is 48.4 Å². The summed E-state index contributed by atoms with van der Waals surface area (Å²) in [5, 5.41) is 0.